The molecular formula is C6H17O2P. The molecule has 0 heterocycles. The first kappa shape index (κ1) is 11.9. The minimum atomic E-state index is -1.63. The van der Waals surface area contributed by atoms with Crippen LogP contribution in [-0.2, 0) is 9.09 Å². The highest BCUT2D eigenvalue weighted by Crippen LogP contribution is 2.19. The third kappa shape index (κ3) is 11.7. The Morgan fingerprint density at radius 3 is 1.89 bits per heavy atom. The predicted octanol–water partition coefficient (Wildman–Crippen LogP) is 2.54. The average Bonchev–Trinajstić information content (AvgIpc) is 1.93. The fraction of sp³-hybridized carbons (Fsp3) is 1.00. The van der Waals surface area contributed by atoms with Gasteiger partial charge in [-0.1, -0.05) is 20.8 Å². The Bertz CT molecular complexity index is 64.1. The molecule has 1 atom stereocenters. The van der Waals surface area contributed by atoms with Crippen LogP contribution in [0.1, 0.15) is 27.7 Å². The first-order valence-corrected chi connectivity index (χ1v) is 4.99. The second-order valence-corrected chi connectivity index (χ2v) is 2.90. The summed E-state index contributed by atoms with van der Waals surface area (Å²) in [5.41, 5.74) is 0. The monoisotopic (exact) mass is 152 g/mol. The van der Waals surface area contributed by atoms with Crippen molar-refractivity contribution in [1.29, 1.82) is 0 Å². The lowest BCUT2D eigenvalue weighted by atomic mass is 10.9. The summed E-state index contributed by atoms with van der Waals surface area (Å²) in [7, 11) is -1.63. The molecule has 0 aromatic carbocycles. The molecule has 0 aliphatic carbocycles. The fourth-order valence-electron chi connectivity index (χ4n) is 0.263. The van der Waals surface area contributed by atoms with Crippen molar-refractivity contribution in [2.75, 3.05) is 12.8 Å². The molecule has 9 heavy (non-hydrogen) atoms. The van der Waals surface area contributed by atoms with Crippen molar-refractivity contribution in [3.8, 4) is 0 Å². The van der Waals surface area contributed by atoms with Crippen molar-refractivity contribution in [1.82, 2.24) is 0 Å². The minimum absolute atomic E-state index is 0.575. The van der Waals surface area contributed by atoms with Gasteiger partial charge < -0.3 is 4.52 Å². The fourth-order valence-corrected chi connectivity index (χ4v) is 0.789. The summed E-state index contributed by atoms with van der Waals surface area (Å²) < 4.78 is 15.1. The number of hydrogen-bond donors (Lipinski definition) is 0. The SMILES string of the molecule is CC.CCO[PH](=O)CC. The summed E-state index contributed by atoms with van der Waals surface area (Å²) in [6.07, 6.45) is 0.665. The largest absolute Gasteiger partial charge is 0.331 e. The van der Waals surface area contributed by atoms with E-state index in [-0.39, 0.29) is 0 Å². The van der Waals surface area contributed by atoms with Crippen LogP contribution < -0.4 is 0 Å². The maximum absolute atomic E-state index is 10.4. The van der Waals surface area contributed by atoms with Crippen LogP contribution in [0.5, 0.6) is 0 Å². The van der Waals surface area contributed by atoms with Gasteiger partial charge in [-0.15, -0.1) is 0 Å². The zero-order valence-electron chi connectivity index (χ0n) is 6.73. The van der Waals surface area contributed by atoms with E-state index in [4.69, 9.17) is 4.52 Å². The zero-order chi connectivity index (χ0) is 7.70. The third-order valence-electron chi connectivity index (χ3n) is 0.594. The summed E-state index contributed by atoms with van der Waals surface area (Å²) >= 11 is 0. The zero-order valence-corrected chi connectivity index (χ0v) is 7.73. The number of rotatable bonds is 3. The van der Waals surface area contributed by atoms with Crippen LogP contribution in [0.25, 0.3) is 0 Å². The summed E-state index contributed by atoms with van der Waals surface area (Å²) in [6, 6.07) is 0. The highest BCUT2D eigenvalue weighted by molar-refractivity contribution is 7.39. The van der Waals surface area contributed by atoms with Crippen molar-refractivity contribution < 1.29 is 9.09 Å². The minimum Gasteiger partial charge on any atom is -0.331 e. The predicted molar refractivity (Wildman–Crippen MR) is 42.5 cm³/mol. The Morgan fingerprint density at radius 1 is 1.33 bits per heavy atom. The summed E-state index contributed by atoms with van der Waals surface area (Å²) in [6.45, 7) is 8.28. The van der Waals surface area contributed by atoms with Crippen molar-refractivity contribution in [2.24, 2.45) is 0 Å². The van der Waals surface area contributed by atoms with Crippen LogP contribution in [0.2, 0.25) is 0 Å². The normalized spacial score (nSPS) is 11.6. The van der Waals surface area contributed by atoms with Crippen LogP contribution >= 0.6 is 8.03 Å². The van der Waals surface area contributed by atoms with Crippen molar-refractivity contribution >= 4 is 8.03 Å². The molecule has 0 radical (unpaired) electrons. The van der Waals surface area contributed by atoms with Crippen LogP contribution in [0.15, 0.2) is 0 Å². The van der Waals surface area contributed by atoms with Gasteiger partial charge >= 0.3 is 0 Å². The molecule has 0 aliphatic heterocycles. The Hall–Kier alpha value is 0.190. The molecular weight excluding hydrogens is 135 g/mol. The quantitative estimate of drug-likeness (QED) is 0.581. The molecule has 0 N–H and O–H groups in total. The van der Waals surface area contributed by atoms with Gasteiger partial charge in [0.2, 0.25) is 0 Å². The molecule has 0 fully saturated rings. The second kappa shape index (κ2) is 11.0. The first-order chi connectivity index (χ1) is 4.31. The molecule has 3 heteroatoms. The maximum Gasteiger partial charge on any atom is 0.191 e. The van der Waals surface area contributed by atoms with Gasteiger partial charge in [0.05, 0.1) is 6.61 Å². The van der Waals surface area contributed by atoms with E-state index < -0.39 is 8.03 Å². The standard InChI is InChI=1S/C4H11O2P.C2H6/c1-3-6-7(5)4-2;1-2/h7H,3-4H2,1-2H3;1-2H3. The molecule has 0 saturated carbocycles. The Kier molecular flexibility index (Phi) is 14.6. The van der Waals surface area contributed by atoms with Gasteiger partial charge in [0, 0.05) is 6.16 Å². The van der Waals surface area contributed by atoms with Gasteiger partial charge in [-0.25, -0.2) is 0 Å². The van der Waals surface area contributed by atoms with Gasteiger partial charge in [-0.05, 0) is 6.92 Å². The highest BCUT2D eigenvalue weighted by atomic mass is 31.1. The van der Waals surface area contributed by atoms with E-state index in [1.54, 1.807) is 0 Å². The maximum atomic E-state index is 10.4. The van der Waals surface area contributed by atoms with Gasteiger partial charge in [0.15, 0.2) is 8.03 Å². The highest BCUT2D eigenvalue weighted by Gasteiger charge is 1.87. The van der Waals surface area contributed by atoms with Crippen LogP contribution in [-0.4, -0.2) is 12.8 Å². The molecule has 1 unspecified atom stereocenters. The third-order valence-corrected chi connectivity index (χ3v) is 1.78. The van der Waals surface area contributed by atoms with E-state index in [1.165, 1.54) is 0 Å². The van der Waals surface area contributed by atoms with Gasteiger partial charge in [0.25, 0.3) is 0 Å². The smallest absolute Gasteiger partial charge is 0.191 e. The van der Waals surface area contributed by atoms with Gasteiger partial charge in [0.1, 0.15) is 0 Å². The Morgan fingerprint density at radius 2 is 1.78 bits per heavy atom. The van der Waals surface area contributed by atoms with E-state index in [0.29, 0.717) is 12.8 Å². The van der Waals surface area contributed by atoms with E-state index in [0.717, 1.165) is 0 Å². The second-order valence-electron chi connectivity index (χ2n) is 1.16. The summed E-state index contributed by atoms with van der Waals surface area (Å²) in [5, 5.41) is 0. The summed E-state index contributed by atoms with van der Waals surface area (Å²) in [4.78, 5) is 0. The van der Waals surface area contributed by atoms with Gasteiger partial charge in [-0.2, -0.15) is 0 Å². The molecule has 0 bridgehead atoms. The van der Waals surface area contributed by atoms with E-state index in [1.807, 2.05) is 27.7 Å². The lowest BCUT2D eigenvalue weighted by Crippen LogP contribution is -1.76. The van der Waals surface area contributed by atoms with E-state index >= 15 is 0 Å². The molecule has 0 saturated heterocycles. The molecule has 0 aliphatic rings. The first-order valence-electron chi connectivity index (χ1n) is 3.46. The topological polar surface area (TPSA) is 26.3 Å². The lowest BCUT2D eigenvalue weighted by Gasteiger charge is -1.93. The molecule has 0 amide bonds. The lowest BCUT2D eigenvalue weighted by molar-refractivity contribution is 0.351. The number of hydrogen-bond acceptors (Lipinski definition) is 2. The molecule has 58 valence electrons. The van der Waals surface area contributed by atoms with Crippen LogP contribution in [0, 0.1) is 0 Å². The molecule has 0 rings (SSSR count). The summed E-state index contributed by atoms with van der Waals surface area (Å²) in [5.74, 6) is 0. The van der Waals surface area contributed by atoms with Crippen LogP contribution in [0.4, 0.5) is 0 Å². The Balaban J connectivity index is 0. The van der Waals surface area contributed by atoms with Crippen molar-refractivity contribution in [3.05, 3.63) is 0 Å². The van der Waals surface area contributed by atoms with Crippen LogP contribution in [0.3, 0.4) is 0 Å². The van der Waals surface area contributed by atoms with Crippen molar-refractivity contribution in [3.63, 3.8) is 0 Å². The van der Waals surface area contributed by atoms with E-state index in [9.17, 15) is 4.57 Å². The Labute approximate surface area is 58.5 Å². The average molecular weight is 152 g/mol. The van der Waals surface area contributed by atoms with E-state index in [2.05, 4.69) is 0 Å². The molecule has 0 aromatic heterocycles. The molecule has 0 aromatic rings. The molecule has 0 spiro atoms. The molecule has 2 nitrogen and oxygen atoms in total. The van der Waals surface area contributed by atoms with Gasteiger partial charge in [-0.3, -0.25) is 4.57 Å². The van der Waals surface area contributed by atoms with Crippen molar-refractivity contribution in [2.45, 2.75) is 27.7 Å².